The van der Waals surface area contributed by atoms with E-state index in [-0.39, 0.29) is 5.96 Å². The van der Waals surface area contributed by atoms with Crippen molar-refractivity contribution in [2.45, 2.75) is 33.6 Å². The minimum absolute atomic E-state index is 0.248. The Kier molecular flexibility index (Phi) is 3.24. The van der Waals surface area contributed by atoms with Crippen LogP contribution in [0.15, 0.2) is 5.16 Å². The Balaban J connectivity index is 2.47. The Morgan fingerprint density at radius 2 is 1.86 bits per heavy atom. The van der Waals surface area contributed by atoms with Crippen LogP contribution in [0.1, 0.15) is 33.6 Å². The van der Waals surface area contributed by atoms with Crippen LogP contribution in [0.3, 0.4) is 0 Å². The third-order valence-electron chi connectivity index (χ3n) is 3.15. The van der Waals surface area contributed by atoms with Gasteiger partial charge < -0.3 is 15.8 Å². The molecule has 1 aliphatic heterocycles. The largest absolute Gasteiger partial charge is 0.408 e. The zero-order chi connectivity index (χ0) is 10.8. The summed E-state index contributed by atoms with van der Waals surface area (Å²) in [5, 5.41) is 11.6. The second-order valence-corrected chi connectivity index (χ2v) is 5.09. The maximum atomic E-state index is 8.53. The van der Waals surface area contributed by atoms with Crippen LogP contribution >= 0.6 is 0 Å². The van der Waals surface area contributed by atoms with E-state index in [0.717, 1.165) is 31.8 Å². The van der Waals surface area contributed by atoms with Crippen LogP contribution in [0.4, 0.5) is 0 Å². The van der Waals surface area contributed by atoms with Crippen molar-refractivity contribution in [2.24, 2.45) is 22.2 Å². The molecule has 1 aliphatic rings. The van der Waals surface area contributed by atoms with Crippen molar-refractivity contribution in [1.29, 1.82) is 0 Å². The molecule has 0 saturated carbocycles. The molecule has 14 heavy (non-hydrogen) atoms. The molecule has 0 bridgehead atoms. The van der Waals surface area contributed by atoms with Crippen LogP contribution in [0.2, 0.25) is 0 Å². The fourth-order valence-electron chi connectivity index (χ4n) is 2.04. The zero-order valence-corrected chi connectivity index (χ0v) is 9.32. The minimum atomic E-state index is 0.248. The van der Waals surface area contributed by atoms with Crippen molar-refractivity contribution >= 4 is 5.96 Å². The van der Waals surface area contributed by atoms with E-state index in [1.807, 2.05) is 4.90 Å². The van der Waals surface area contributed by atoms with Gasteiger partial charge >= 0.3 is 0 Å². The molecule has 0 aliphatic carbocycles. The van der Waals surface area contributed by atoms with Gasteiger partial charge in [0, 0.05) is 13.1 Å². The van der Waals surface area contributed by atoms with Crippen molar-refractivity contribution in [2.75, 3.05) is 13.1 Å². The molecule has 0 unspecified atom stereocenters. The van der Waals surface area contributed by atoms with Crippen molar-refractivity contribution in [3.63, 3.8) is 0 Å². The van der Waals surface area contributed by atoms with Crippen LogP contribution in [0.5, 0.6) is 0 Å². The van der Waals surface area contributed by atoms with Gasteiger partial charge in [0.15, 0.2) is 0 Å². The molecule has 82 valence electrons. The first-order valence-corrected chi connectivity index (χ1v) is 5.17. The number of hydrogen-bond acceptors (Lipinski definition) is 2. The first-order valence-electron chi connectivity index (χ1n) is 5.17. The lowest BCUT2D eigenvalue weighted by molar-refractivity contribution is 0.146. The number of guanidine groups is 1. The molecule has 3 N–H and O–H groups in total. The highest BCUT2D eigenvalue weighted by Gasteiger charge is 2.29. The summed E-state index contributed by atoms with van der Waals surface area (Å²) in [5.41, 5.74) is 5.90. The summed E-state index contributed by atoms with van der Waals surface area (Å²) >= 11 is 0. The lowest BCUT2D eigenvalue weighted by Gasteiger charge is -2.38. The van der Waals surface area contributed by atoms with Crippen molar-refractivity contribution < 1.29 is 5.21 Å². The van der Waals surface area contributed by atoms with Crippen molar-refractivity contribution in [3.8, 4) is 0 Å². The number of likely N-dealkylation sites (tertiary alicyclic amines) is 1. The van der Waals surface area contributed by atoms with Gasteiger partial charge in [-0.3, -0.25) is 0 Å². The maximum Gasteiger partial charge on any atom is 0.233 e. The number of piperidine rings is 1. The van der Waals surface area contributed by atoms with Crippen LogP contribution in [0, 0.1) is 11.3 Å². The van der Waals surface area contributed by atoms with E-state index in [4.69, 9.17) is 10.9 Å². The highest BCUT2D eigenvalue weighted by atomic mass is 16.4. The molecule has 0 radical (unpaired) electrons. The Bertz CT molecular complexity index is 212. The smallest absolute Gasteiger partial charge is 0.233 e. The third-order valence-corrected chi connectivity index (χ3v) is 3.15. The summed E-state index contributed by atoms with van der Waals surface area (Å²) in [5.74, 6) is 0.989. The van der Waals surface area contributed by atoms with Crippen LogP contribution in [-0.4, -0.2) is 29.2 Å². The van der Waals surface area contributed by atoms with Gasteiger partial charge in [-0.25, -0.2) is 0 Å². The Labute approximate surface area is 85.8 Å². The normalized spacial score (nSPS) is 21.4. The van der Waals surface area contributed by atoms with Gasteiger partial charge in [0.25, 0.3) is 0 Å². The summed E-state index contributed by atoms with van der Waals surface area (Å²) in [6.07, 6.45) is 2.25. The van der Waals surface area contributed by atoms with Crippen molar-refractivity contribution in [1.82, 2.24) is 4.90 Å². The monoisotopic (exact) mass is 199 g/mol. The fourth-order valence-corrected chi connectivity index (χ4v) is 2.04. The lowest BCUT2D eigenvalue weighted by atomic mass is 9.75. The second-order valence-electron chi connectivity index (χ2n) is 5.09. The molecule has 0 aromatic carbocycles. The maximum absolute atomic E-state index is 8.53. The molecule has 4 heteroatoms. The van der Waals surface area contributed by atoms with Gasteiger partial charge in [0.2, 0.25) is 5.96 Å². The van der Waals surface area contributed by atoms with E-state index < -0.39 is 0 Å². The molecule has 0 aromatic rings. The van der Waals surface area contributed by atoms with Crippen LogP contribution in [0.25, 0.3) is 0 Å². The van der Waals surface area contributed by atoms with E-state index >= 15 is 0 Å². The van der Waals surface area contributed by atoms with E-state index in [0.29, 0.717) is 5.41 Å². The second kappa shape index (κ2) is 4.07. The predicted octanol–water partition coefficient (Wildman–Crippen LogP) is 1.45. The van der Waals surface area contributed by atoms with Gasteiger partial charge in [-0.1, -0.05) is 25.9 Å². The van der Waals surface area contributed by atoms with Gasteiger partial charge in [0.05, 0.1) is 0 Å². The average molecular weight is 199 g/mol. The summed E-state index contributed by atoms with van der Waals surface area (Å²) in [6, 6.07) is 0. The van der Waals surface area contributed by atoms with Crippen molar-refractivity contribution in [3.05, 3.63) is 0 Å². The number of rotatable bonds is 0. The first-order chi connectivity index (χ1) is 6.45. The summed E-state index contributed by atoms with van der Waals surface area (Å²) < 4.78 is 0. The highest BCUT2D eigenvalue weighted by molar-refractivity contribution is 5.77. The number of hydrogen-bond donors (Lipinski definition) is 2. The first kappa shape index (κ1) is 11.1. The van der Waals surface area contributed by atoms with Gasteiger partial charge in [0.1, 0.15) is 0 Å². The Morgan fingerprint density at radius 3 is 2.21 bits per heavy atom. The quantitative estimate of drug-likeness (QED) is 0.269. The fraction of sp³-hybridized carbons (Fsp3) is 0.900. The Morgan fingerprint density at radius 1 is 1.36 bits per heavy atom. The minimum Gasteiger partial charge on any atom is -0.408 e. The number of nitrogens with zero attached hydrogens (tertiary/aromatic N) is 2. The molecule has 1 heterocycles. The standard InChI is InChI=1S/C10H21N3O/c1-10(2,3)8-4-6-13(7-5-8)9(11)12-14/h8,14H,4-7H2,1-3H3,(H2,11,12). The Hall–Kier alpha value is -0.930. The number of oxime groups is 1. The van der Waals surface area contributed by atoms with Gasteiger partial charge in [-0.2, -0.15) is 0 Å². The molecule has 4 nitrogen and oxygen atoms in total. The SMILES string of the molecule is CC(C)(C)C1CCN(C(N)=NO)CC1. The molecule has 0 aromatic heterocycles. The van der Waals surface area contributed by atoms with Gasteiger partial charge in [-0.05, 0) is 24.2 Å². The summed E-state index contributed by atoms with van der Waals surface area (Å²) in [6.45, 7) is 8.63. The zero-order valence-electron chi connectivity index (χ0n) is 9.32. The van der Waals surface area contributed by atoms with Crippen LogP contribution < -0.4 is 5.73 Å². The van der Waals surface area contributed by atoms with Gasteiger partial charge in [-0.15, -0.1) is 0 Å². The van der Waals surface area contributed by atoms with E-state index in [2.05, 4.69) is 25.9 Å². The number of nitrogens with two attached hydrogens (primary N) is 1. The molecular weight excluding hydrogens is 178 g/mol. The molecule has 1 rings (SSSR count). The van der Waals surface area contributed by atoms with E-state index in [1.54, 1.807) is 0 Å². The molecule has 0 amide bonds. The predicted molar refractivity (Wildman–Crippen MR) is 57.2 cm³/mol. The molecule has 1 fully saturated rings. The van der Waals surface area contributed by atoms with E-state index in [9.17, 15) is 0 Å². The summed E-state index contributed by atoms with van der Waals surface area (Å²) in [4.78, 5) is 1.93. The summed E-state index contributed by atoms with van der Waals surface area (Å²) in [7, 11) is 0. The molecule has 1 saturated heterocycles. The highest BCUT2D eigenvalue weighted by Crippen LogP contribution is 2.33. The topological polar surface area (TPSA) is 61.8 Å². The van der Waals surface area contributed by atoms with Crippen LogP contribution in [-0.2, 0) is 0 Å². The third kappa shape index (κ3) is 2.53. The average Bonchev–Trinajstić information content (AvgIpc) is 2.15. The molecule has 0 spiro atoms. The molecule has 0 atom stereocenters. The van der Waals surface area contributed by atoms with E-state index in [1.165, 1.54) is 0 Å². The lowest BCUT2D eigenvalue weighted by Crippen LogP contribution is -2.44. The molecular formula is C10H21N3O.